The molecule has 90 valence electrons. The van der Waals surface area contributed by atoms with E-state index in [1.165, 1.54) is 0 Å². The molecule has 0 bridgehead atoms. The van der Waals surface area contributed by atoms with Crippen LogP contribution in [0.25, 0.3) is 0 Å². The maximum absolute atomic E-state index is 8.74. The minimum absolute atomic E-state index is 2.28. The Bertz CT molecular complexity index is 138. The summed E-state index contributed by atoms with van der Waals surface area (Å²) < 4.78 is 42.1. The van der Waals surface area contributed by atoms with E-state index in [1.54, 1.807) is 0 Å². The van der Waals surface area contributed by atoms with Crippen LogP contribution in [0.5, 0.6) is 0 Å². The van der Waals surface area contributed by atoms with Gasteiger partial charge in [-0.25, -0.2) is 0 Å². The standard InChI is InChI=1S/3H2O3Si.2OP/c3*1-4(2)3;2*1-2/h3*1-2H;;/q;;;2*+2. The minimum Gasteiger partial charge on any atom is -0.511 e. The van der Waals surface area contributed by atoms with Crippen LogP contribution in [0.15, 0.2) is 0 Å². The largest absolute Gasteiger partial charge is 0.761 e. The molecule has 0 unspecified atom stereocenters. The third-order valence-electron chi connectivity index (χ3n) is 0. The maximum Gasteiger partial charge on any atom is 0.761 e. The van der Waals surface area contributed by atoms with Crippen LogP contribution in [0.1, 0.15) is 0 Å². The molecule has 0 aromatic rings. The molecule has 0 aliphatic rings. The van der Waals surface area contributed by atoms with Gasteiger partial charge in [0, 0.05) is 0 Å². The smallest absolute Gasteiger partial charge is 0.511 e. The first-order valence-corrected chi connectivity index (χ1v) is 6.96. The third kappa shape index (κ3) is 4250. The Morgan fingerprint density at radius 3 is 0.500 bits per heavy atom. The Morgan fingerprint density at radius 2 is 0.500 bits per heavy atom. The molecule has 0 spiro atoms. The summed E-state index contributed by atoms with van der Waals surface area (Å²) in [5.41, 5.74) is 0. The van der Waals surface area contributed by atoms with E-state index in [1.807, 2.05) is 0 Å². The fourth-order valence-electron chi connectivity index (χ4n) is 0. The Hall–Kier alpha value is -0.689. The molecular formula is H6O11P2Si3+4. The van der Waals surface area contributed by atoms with Gasteiger partial charge in [-0.05, 0) is 0 Å². The first kappa shape index (κ1) is 29.5. The summed E-state index contributed by atoms with van der Waals surface area (Å²) in [6, 6.07) is 0. The van der Waals surface area contributed by atoms with Gasteiger partial charge in [0.2, 0.25) is 0 Å². The first-order valence-electron chi connectivity index (χ1n) is 2.32. The summed E-state index contributed by atoms with van der Waals surface area (Å²) in [6.45, 7) is 0. The van der Waals surface area contributed by atoms with Crippen molar-refractivity contribution in [1.82, 2.24) is 0 Å². The zero-order valence-corrected chi connectivity index (χ0v) is 11.9. The molecule has 0 aliphatic heterocycles. The molecule has 0 aliphatic carbocycles. The molecule has 2 radical (unpaired) electrons. The summed E-state index contributed by atoms with van der Waals surface area (Å²) in [7, 11) is -4.83. The normalized spacial score (nSPS) is 4.88. The Labute approximate surface area is 97.6 Å². The second-order valence-electron chi connectivity index (χ2n) is 0.848. The van der Waals surface area contributed by atoms with Crippen molar-refractivity contribution in [3.63, 3.8) is 0 Å². The molecular weight excluding hydrogens is 322 g/mol. The average Bonchev–Trinajstić information content (AvgIpc) is 2.07. The Kier molecular flexibility index (Phi) is 67.7. The number of rotatable bonds is 0. The molecule has 0 aromatic carbocycles. The van der Waals surface area contributed by atoms with E-state index in [9.17, 15) is 0 Å². The van der Waals surface area contributed by atoms with Gasteiger partial charge in [-0.3, -0.25) is 13.4 Å². The van der Waals surface area contributed by atoms with E-state index in [2.05, 4.69) is 18.2 Å². The van der Waals surface area contributed by atoms with Crippen LogP contribution >= 0.6 is 18.2 Å². The van der Waals surface area contributed by atoms with Crippen molar-refractivity contribution < 1.29 is 51.3 Å². The second kappa shape index (κ2) is 36.7. The predicted molar refractivity (Wildman–Crippen MR) is 47.8 cm³/mol. The fraction of sp³-hybridized carbons (Fsp3) is 0. The summed E-state index contributed by atoms with van der Waals surface area (Å²) in [5.74, 6) is 0. The fourth-order valence-corrected chi connectivity index (χ4v) is 0. The molecule has 6 N–H and O–H groups in total. The maximum atomic E-state index is 8.74. The van der Waals surface area contributed by atoms with Crippen LogP contribution in [0, 0.1) is 0 Å². The van der Waals surface area contributed by atoms with E-state index < -0.39 is 27.5 Å². The van der Waals surface area contributed by atoms with E-state index in [0.717, 1.165) is 0 Å². The average molecular weight is 328 g/mol. The number of hydrogen-bond donors (Lipinski definition) is 6. The quantitative estimate of drug-likeness (QED) is 0.191. The van der Waals surface area contributed by atoms with Crippen molar-refractivity contribution in [2.45, 2.75) is 0 Å². The van der Waals surface area contributed by atoms with Crippen LogP contribution < -0.4 is 0 Å². The van der Waals surface area contributed by atoms with Crippen molar-refractivity contribution in [3.05, 3.63) is 0 Å². The molecule has 0 amide bonds. The Morgan fingerprint density at radius 1 is 0.500 bits per heavy atom. The van der Waals surface area contributed by atoms with Gasteiger partial charge in [-0.1, -0.05) is 0 Å². The van der Waals surface area contributed by atoms with Gasteiger partial charge in [-0.2, -0.15) is 0 Å². The molecule has 0 heterocycles. The zero-order valence-electron chi connectivity index (χ0n) is 7.12. The summed E-state index contributed by atoms with van der Waals surface area (Å²) in [4.78, 5) is 42.9. The SMILES string of the molecule is O=[P+2].O=[P+2].O=[Si](O)O.O=[Si](O)O.O=[Si](O)O. The second-order valence-corrected chi connectivity index (χ2v) is 2.54. The molecule has 0 saturated heterocycles. The topological polar surface area (TPSA) is 207 Å². The molecule has 0 aromatic heterocycles. The van der Waals surface area contributed by atoms with Crippen LogP contribution in [0.4, 0.5) is 0 Å². The summed E-state index contributed by atoms with van der Waals surface area (Å²) in [6.07, 6.45) is 0. The molecule has 0 saturated carbocycles. The third-order valence-corrected chi connectivity index (χ3v) is 0. The summed E-state index contributed by atoms with van der Waals surface area (Å²) in [5, 5.41) is 0. The van der Waals surface area contributed by atoms with Gasteiger partial charge < -0.3 is 28.8 Å². The predicted octanol–water partition coefficient (Wildman–Crippen LogP) is -3.36. The minimum atomic E-state index is -3.13. The van der Waals surface area contributed by atoms with Crippen LogP contribution in [0.2, 0.25) is 0 Å². The van der Waals surface area contributed by atoms with Crippen LogP contribution in [-0.4, -0.2) is 56.3 Å². The summed E-state index contributed by atoms with van der Waals surface area (Å²) >= 11 is 0. The van der Waals surface area contributed by atoms with E-state index in [4.69, 9.17) is 51.3 Å². The van der Waals surface area contributed by atoms with Gasteiger partial charge in [0.25, 0.3) is 0 Å². The molecule has 16 heteroatoms. The first-order chi connectivity index (χ1) is 7.20. The van der Waals surface area contributed by atoms with Gasteiger partial charge in [-0.15, -0.1) is 0 Å². The van der Waals surface area contributed by atoms with Crippen molar-refractivity contribution in [2.75, 3.05) is 0 Å². The Balaban J connectivity index is -0.0000000327. The van der Waals surface area contributed by atoms with E-state index in [-0.39, 0.29) is 0 Å². The molecule has 0 fully saturated rings. The van der Waals surface area contributed by atoms with Gasteiger partial charge >= 0.3 is 54.9 Å². The van der Waals surface area contributed by atoms with Gasteiger partial charge in [0.05, 0.1) is 0 Å². The van der Waals surface area contributed by atoms with Crippen molar-refractivity contribution in [3.8, 4) is 0 Å². The van der Waals surface area contributed by atoms with Crippen LogP contribution in [0.3, 0.4) is 0 Å². The zero-order chi connectivity index (χ0) is 14.7. The molecule has 16 heavy (non-hydrogen) atoms. The van der Waals surface area contributed by atoms with E-state index >= 15 is 0 Å². The van der Waals surface area contributed by atoms with Crippen molar-refractivity contribution in [2.24, 2.45) is 0 Å². The van der Waals surface area contributed by atoms with E-state index in [0.29, 0.717) is 0 Å². The molecule has 11 nitrogen and oxygen atoms in total. The molecule has 0 rings (SSSR count). The van der Waals surface area contributed by atoms with Crippen molar-refractivity contribution >= 4 is 45.7 Å². The van der Waals surface area contributed by atoms with Crippen LogP contribution in [-0.2, 0) is 22.5 Å². The van der Waals surface area contributed by atoms with Gasteiger partial charge in [0.1, 0.15) is 0 Å². The number of hydrogen-bond acceptors (Lipinski definition) is 5. The molecule has 0 atom stereocenters. The van der Waals surface area contributed by atoms with Gasteiger partial charge in [0.15, 0.2) is 0 Å². The monoisotopic (exact) mass is 328 g/mol. The van der Waals surface area contributed by atoms with Crippen molar-refractivity contribution in [1.29, 1.82) is 0 Å².